The van der Waals surface area contributed by atoms with Crippen molar-refractivity contribution in [1.29, 1.82) is 0 Å². The van der Waals surface area contributed by atoms with E-state index in [4.69, 9.17) is 9.47 Å². The Morgan fingerprint density at radius 1 is 1.22 bits per heavy atom. The summed E-state index contributed by atoms with van der Waals surface area (Å²) >= 11 is 0. The first-order valence-electron chi connectivity index (χ1n) is 8.45. The predicted octanol–water partition coefficient (Wildman–Crippen LogP) is 2.88. The number of ether oxygens (including phenoxy) is 2. The third kappa shape index (κ3) is 3.57. The number of amides is 1. The van der Waals surface area contributed by atoms with E-state index in [1.165, 1.54) is 0 Å². The summed E-state index contributed by atoms with van der Waals surface area (Å²) in [7, 11) is 4.95. The molecule has 0 saturated heterocycles. The Balaban J connectivity index is 2.05. The highest BCUT2D eigenvalue weighted by atomic mass is 16.5. The van der Waals surface area contributed by atoms with Gasteiger partial charge in [-0.05, 0) is 12.1 Å². The summed E-state index contributed by atoms with van der Waals surface area (Å²) in [6.45, 7) is 1.79. The van der Waals surface area contributed by atoms with Gasteiger partial charge in [0.2, 0.25) is 5.91 Å². The summed E-state index contributed by atoms with van der Waals surface area (Å²) in [5, 5.41) is 13.4. The molecule has 0 saturated carbocycles. The zero-order valence-electron chi connectivity index (χ0n) is 15.7. The number of rotatable bonds is 7. The molecule has 0 unspecified atom stereocenters. The molecule has 0 radical (unpaired) electrons. The largest absolute Gasteiger partial charge is 0.493 e. The van der Waals surface area contributed by atoms with Crippen LogP contribution in [0.15, 0.2) is 30.5 Å². The zero-order valence-corrected chi connectivity index (χ0v) is 15.7. The van der Waals surface area contributed by atoms with Crippen LogP contribution < -0.4 is 25.4 Å². The quantitative estimate of drug-likeness (QED) is 0.588. The normalized spacial score (nSPS) is 10.5. The second-order valence-corrected chi connectivity index (χ2v) is 5.64. The highest BCUT2D eigenvalue weighted by Gasteiger charge is 2.15. The molecule has 0 atom stereocenters. The third-order valence-corrected chi connectivity index (χ3v) is 3.99. The van der Waals surface area contributed by atoms with Crippen LogP contribution in [0.3, 0.4) is 0 Å². The number of carbonyl (C=O) groups is 1. The topological polar surface area (TPSA) is 102 Å². The van der Waals surface area contributed by atoms with Crippen LogP contribution in [-0.4, -0.2) is 41.8 Å². The summed E-state index contributed by atoms with van der Waals surface area (Å²) in [4.78, 5) is 16.4. The third-order valence-electron chi connectivity index (χ3n) is 3.99. The van der Waals surface area contributed by atoms with E-state index in [0.29, 0.717) is 46.6 Å². The molecule has 9 heteroatoms. The average Bonchev–Trinajstić information content (AvgIpc) is 3.09. The number of carbonyl (C=O) groups excluding carboxylic acids is 1. The van der Waals surface area contributed by atoms with Crippen molar-refractivity contribution in [3.05, 3.63) is 30.5 Å². The van der Waals surface area contributed by atoms with Gasteiger partial charge in [0.1, 0.15) is 17.3 Å². The molecular formula is C18H22N6O3. The van der Waals surface area contributed by atoms with Gasteiger partial charge in [0.15, 0.2) is 17.1 Å². The molecule has 142 valence electrons. The van der Waals surface area contributed by atoms with Gasteiger partial charge in [-0.1, -0.05) is 13.0 Å². The Labute approximate surface area is 156 Å². The van der Waals surface area contributed by atoms with E-state index in [9.17, 15) is 4.79 Å². The molecule has 3 aromatic rings. The number of aromatic nitrogens is 3. The van der Waals surface area contributed by atoms with Crippen LogP contribution in [0.2, 0.25) is 0 Å². The fourth-order valence-corrected chi connectivity index (χ4v) is 2.66. The lowest BCUT2D eigenvalue weighted by molar-refractivity contribution is -0.115. The Kier molecular flexibility index (Phi) is 5.30. The fourth-order valence-electron chi connectivity index (χ4n) is 2.66. The summed E-state index contributed by atoms with van der Waals surface area (Å²) in [6, 6.07) is 7.34. The molecule has 1 amide bonds. The number of nitrogens with zero attached hydrogens (tertiary/aromatic N) is 3. The van der Waals surface area contributed by atoms with Crippen LogP contribution in [0, 0.1) is 0 Å². The van der Waals surface area contributed by atoms with E-state index < -0.39 is 0 Å². The molecule has 3 N–H and O–H groups in total. The van der Waals surface area contributed by atoms with Gasteiger partial charge in [0, 0.05) is 19.5 Å². The van der Waals surface area contributed by atoms with Crippen LogP contribution >= 0.6 is 0 Å². The van der Waals surface area contributed by atoms with Crippen molar-refractivity contribution in [3.63, 3.8) is 0 Å². The average molecular weight is 370 g/mol. The number of fused-ring (bicyclic) bond motifs is 1. The molecule has 0 aliphatic rings. The van der Waals surface area contributed by atoms with Crippen LogP contribution in [0.4, 0.5) is 23.0 Å². The van der Waals surface area contributed by atoms with Crippen LogP contribution in [-0.2, 0) is 4.79 Å². The molecule has 0 aliphatic carbocycles. The number of benzene rings is 1. The van der Waals surface area contributed by atoms with Gasteiger partial charge in [-0.15, -0.1) is 0 Å². The van der Waals surface area contributed by atoms with Crippen LogP contribution in [0.1, 0.15) is 13.3 Å². The number of hydrogen-bond donors (Lipinski definition) is 3. The number of nitrogens with one attached hydrogen (secondary N) is 3. The van der Waals surface area contributed by atoms with E-state index >= 15 is 0 Å². The van der Waals surface area contributed by atoms with E-state index in [-0.39, 0.29) is 5.91 Å². The first-order chi connectivity index (χ1) is 13.1. The van der Waals surface area contributed by atoms with Crippen molar-refractivity contribution in [2.75, 3.05) is 37.2 Å². The molecule has 0 spiro atoms. The molecule has 0 aliphatic heterocycles. The molecule has 9 nitrogen and oxygen atoms in total. The molecule has 3 rings (SSSR count). The lowest BCUT2D eigenvalue weighted by atomic mass is 10.2. The van der Waals surface area contributed by atoms with Gasteiger partial charge in [-0.2, -0.15) is 9.61 Å². The lowest BCUT2D eigenvalue weighted by Gasteiger charge is -2.15. The maximum atomic E-state index is 11.8. The van der Waals surface area contributed by atoms with Gasteiger partial charge in [0.25, 0.3) is 0 Å². The van der Waals surface area contributed by atoms with Gasteiger partial charge in [0.05, 0.1) is 26.1 Å². The molecule has 2 heterocycles. The van der Waals surface area contributed by atoms with E-state index in [0.717, 1.165) is 0 Å². The van der Waals surface area contributed by atoms with E-state index in [1.807, 2.05) is 24.3 Å². The second kappa shape index (κ2) is 7.81. The van der Waals surface area contributed by atoms with Gasteiger partial charge < -0.3 is 25.4 Å². The summed E-state index contributed by atoms with van der Waals surface area (Å²) in [5.41, 5.74) is 1.77. The second-order valence-electron chi connectivity index (χ2n) is 5.64. The maximum absolute atomic E-state index is 11.8. The van der Waals surface area contributed by atoms with Crippen LogP contribution in [0.25, 0.3) is 5.65 Å². The fraction of sp³-hybridized carbons (Fsp3) is 0.278. The van der Waals surface area contributed by atoms with Gasteiger partial charge >= 0.3 is 0 Å². The molecule has 27 heavy (non-hydrogen) atoms. The maximum Gasteiger partial charge on any atom is 0.224 e. The molecular weight excluding hydrogens is 348 g/mol. The van der Waals surface area contributed by atoms with E-state index in [1.54, 1.807) is 38.9 Å². The first kappa shape index (κ1) is 18.3. The number of methoxy groups -OCH3 is 2. The smallest absolute Gasteiger partial charge is 0.224 e. The SMILES string of the molecule is CCC(=O)Nc1cnn2c(NC)cc(Nc3cccc(OC)c3OC)nc12. The Morgan fingerprint density at radius 2 is 2.04 bits per heavy atom. The van der Waals surface area contributed by atoms with E-state index in [2.05, 4.69) is 26.0 Å². The molecule has 1 aromatic carbocycles. The minimum absolute atomic E-state index is 0.106. The predicted molar refractivity (Wildman–Crippen MR) is 104 cm³/mol. The van der Waals surface area contributed by atoms with Gasteiger partial charge in [-0.3, -0.25) is 4.79 Å². The summed E-state index contributed by atoms with van der Waals surface area (Å²) in [6.07, 6.45) is 1.95. The standard InChI is InChI=1S/C18H22N6O3/c1-5-16(25)22-12-10-20-24-15(19-2)9-14(23-18(12)24)21-11-7-6-8-13(26-3)17(11)27-4/h6-10,19H,5H2,1-4H3,(H,21,23)(H,22,25). The van der Waals surface area contributed by atoms with Crippen molar-refractivity contribution in [3.8, 4) is 11.5 Å². The van der Waals surface area contributed by atoms with Crippen molar-refractivity contribution in [1.82, 2.24) is 14.6 Å². The number of para-hydroxylation sites is 1. The molecule has 2 aromatic heterocycles. The van der Waals surface area contributed by atoms with Crippen molar-refractivity contribution < 1.29 is 14.3 Å². The monoisotopic (exact) mass is 370 g/mol. The van der Waals surface area contributed by atoms with Crippen LogP contribution in [0.5, 0.6) is 11.5 Å². The summed E-state index contributed by atoms with van der Waals surface area (Å²) < 4.78 is 12.4. The first-order valence-corrected chi connectivity index (χ1v) is 8.45. The minimum atomic E-state index is -0.106. The number of hydrogen-bond acceptors (Lipinski definition) is 7. The highest BCUT2D eigenvalue weighted by Crippen LogP contribution is 2.36. The zero-order chi connectivity index (χ0) is 19.4. The number of anilines is 4. The Hall–Kier alpha value is -3.49. The molecule has 0 fully saturated rings. The lowest BCUT2D eigenvalue weighted by Crippen LogP contribution is -2.10. The Bertz CT molecular complexity index is 969. The Morgan fingerprint density at radius 3 is 2.70 bits per heavy atom. The van der Waals surface area contributed by atoms with Crippen molar-refractivity contribution in [2.45, 2.75) is 13.3 Å². The molecule has 0 bridgehead atoms. The van der Waals surface area contributed by atoms with Crippen molar-refractivity contribution >= 4 is 34.6 Å². The highest BCUT2D eigenvalue weighted by molar-refractivity contribution is 5.94. The van der Waals surface area contributed by atoms with Crippen molar-refractivity contribution in [2.24, 2.45) is 0 Å². The van der Waals surface area contributed by atoms with Gasteiger partial charge in [-0.25, -0.2) is 4.98 Å². The minimum Gasteiger partial charge on any atom is -0.493 e. The summed E-state index contributed by atoms with van der Waals surface area (Å²) in [5.74, 6) is 2.34.